The zero-order valence-electron chi connectivity index (χ0n) is 12.5. The second-order valence-corrected chi connectivity index (χ2v) is 5.43. The van der Waals surface area contributed by atoms with E-state index in [1.807, 2.05) is 0 Å². The highest BCUT2D eigenvalue weighted by Crippen LogP contribution is 2.15. The second kappa shape index (κ2) is 8.79. The summed E-state index contributed by atoms with van der Waals surface area (Å²) in [6.45, 7) is 6.68. The van der Waals surface area contributed by atoms with Gasteiger partial charge in [-0.2, -0.15) is 0 Å². The van der Waals surface area contributed by atoms with Crippen molar-refractivity contribution < 1.29 is 14.7 Å². The molecule has 3 N–H and O–H groups in total. The molecule has 2 atom stereocenters. The van der Waals surface area contributed by atoms with Crippen LogP contribution in [0.5, 0.6) is 0 Å². The van der Waals surface area contributed by atoms with Crippen LogP contribution < -0.4 is 10.6 Å². The van der Waals surface area contributed by atoms with Gasteiger partial charge in [0.2, 0.25) is 0 Å². The third-order valence-corrected chi connectivity index (χ3v) is 3.86. The van der Waals surface area contributed by atoms with Crippen LogP contribution >= 0.6 is 0 Å². The van der Waals surface area contributed by atoms with E-state index in [4.69, 9.17) is 5.11 Å². The molecule has 6 heteroatoms. The lowest BCUT2D eigenvalue weighted by atomic mass is 10.0. The monoisotopic (exact) mass is 285 g/mol. The fourth-order valence-electron chi connectivity index (χ4n) is 2.52. The molecule has 1 aliphatic heterocycles. The average molecular weight is 285 g/mol. The molecule has 1 unspecified atom stereocenters. The molecule has 0 aliphatic carbocycles. The van der Waals surface area contributed by atoms with E-state index in [9.17, 15) is 9.59 Å². The summed E-state index contributed by atoms with van der Waals surface area (Å²) in [5.41, 5.74) is 0. The van der Waals surface area contributed by atoms with Gasteiger partial charge in [-0.1, -0.05) is 13.3 Å². The number of urea groups is 1. The van der Waals surface area contributed by atoms with Gasteiger partial charge in [0.1, 0.15) is 6.04 Å². The van der Waals surface area contributed by atoms with Crippen LogP contribution in [-0.2, 0) is 4.79 Å². The number of carbonyl (C=O) groups is 2. The van der Waals surface area contributed by atoms with Crippen molar-refractivity contribution in [3.63, 3.8) is 0 Å². The molecule has 0 radical (unpaired) electrons. The first-order valence-corrected chi connectivity index (χ1v) is 7.55. The number of nitrogens with one attached hydrogen (secondary N) is 2. The highest BCUT2D eigenvalue weighted by Gasteiger charge is 2.18. The van der Waals surface area contributed by atoms with Crippen LogP contribution in [0.15, 0.2) is 0 Å². The normalized spacial score (nSPS) is 21.2. The molecular formula is C14H27N3O3. The number of carbonyl (C=O) groups excluding carboxylic acids is 1. The van der Waals surface area contributed by atoms with Crippen LogP contribution in [0.25, 0.3) is 0 Å². The van der Waals surface area contributed by atoms with Gasteiger partial charge in [0.05, 0.1) is 0 Å². The number of carboxylic acids is 1. The van der Waals surface area contributed by atoms with Crippen molar-refractivity contribution >= 4 is 12.0 Å². The maximum absolute atomic E-state index is 11.5. The molecule has 1 rings (SSSR count). The number of aliphatic carboxylic acids is 1. The summed E-state index contributed by atoms with van der Waals surface area (Å²) >= 11 is 0. The molecule has 0 spiro atoms. The quantitative estimate of drug-likeness (QED) is 0.618. The third-order valence-electron chi connectivity index (χ3n) is 3.86. The lowest BCUT2D eigenvalue weighted by molar-refractivity contribution is -0.139. The summed E-state index contributed by atoms with van der Waals surface area (Å²) in [4.78, 5) is 24.8. The molecule has 6 nitrogen and oxygen atoms in total. The van der Waals surface area contributed by atoms with Crippen LogP contribution in [0.4, 0.5) is 4.79 Å². The Bertz CT molecular complexity index is 323. The molecule has 20 heavy (non-hydrogen) atoms. The number of carboxylic acid groups (broad SMARTS) is 1. The Morgan fingerprint density at radius 2 is 2.15 bits per heavy atom. The first-order valence-electron chi connectivity index (χ1n) is 7.55. The number of amides is 2. The molecule has 2 amide bonds. The van der Waals surface area contributed by atoms with Gasteiger partial charge < -0.3 is 20.6 Å². The Balaban J connectivity index is 2.14. The number of piperidine rings is 1. The molecule has 1 saturated heterocycles. The highest BCUT2D eigenvalue weighted by atomic mass is 16.4. The van der Waals surface area contributed by atoms with Crippen LogP contribution in [0.2, 0.25) is 0 Å². The van der Waals surface area contributed by atoms with Crippen molar-refractivity contribution in [1.82, 2.24) is 15.5 Å². The fraction of sp³-hybridized carbons (Fsp3) is 0.857. The van der Waals surface area contributed by atoms with Gasteiger partial charge in [-0.15, -0.1) is 0 Å². The van der Waals surface area contributed by atoms with Crippen molar-refractivity contribution in [2.75, 3.05) is 19.6 Å². The summed E-state index contributed by atoms with van der Waals surface area (Å²) in [5, 5.41) is 14.0. The maximum Gasteiger partial charge on any atom is 0.326 e. The third kappa shape index (κ3) is 5.77. The molecule has 0 aromatic heterocycles. The minimum absolute atomic E-state index is 0.383. The highest BCUT2D eigenvalue weighted by molar-refractivity contribution is 5.82. The van der Waals surface area contributed by atoms with E-state index in [-0.39, 0.29) is 0 Å². The molecule has 0 aromatic rings. The molecule has 1 heterocycles. The van der Waals surface area contributed by atoms with E-state index in [2.05, 4.69) is 22.5 Å². The lowest BCUT2D eigenvalue weighted by Gasteiger charge is -2.33. The van der Waals surface area contributed by atoms with E-state index in [1.54, 1.807) is 6.92 Å². The Morgan fingerprint density at radius 1 is 1.40 bits per heavy atom. The molecule has 0 bridgehead atoms. The first-order chi connectivity index (χ1) is 9.54. The molecular weight excluding hydrogens is 258 g/mol. The fourth-order valence-corrected chi connectivity index (χ4v) is 2.52. The predicted octanol–water partition coefficient (Wildman–Crippen LogP) is 1.41. The molecule has 116 valence electrons. The zero-order valence-corrected chi connectivity index (χ0v) is 12.5. The van der Waals surface area contributed by atoms with E-state index < -0.39 is 18.0 Å². The predicted molar refractivity (Wildman–Crippen MR) is 77.8 cm³/mol. The van der Waals surface area contributed by atoms with E-state index in [0.717, 1.165) is 19.5 Å². The number of nitrogens with zero attached hydrogens (tertiary/aromatic N) is 1. The van der Waals surface area contributed by atoms with Crippen molar-refractivity contribution in [2.45, 2.75) is 58.0 Å². The molecule has 1 fully saturated rings. The molecule has 0 aromatic carbocycles. The SMILES string of the molecule is CC[C@H](NC(=O)NCCCN1CCCCC1C)C(=O)O. The topological polar surface area (TPSA) is 81.7 Å². The van der Waals surface area contributed by atoms with Gasteiger partial charge in [-0.25, -0.2) is 9.59 Å². The number of likely N-dealkylation sites (tertiary alicyclic amines) is 1. The summed E-state index contributed by atoms with van der Waals surface area (Å²) in [6.07, 6.45) is 5.10. The van der Waals surface area contributed by atoms with Crippen LogP contribution in [0.3, 0.4) is 0 Å². The first kappa shape index (κ1) is 16.8. The van der Waals surface area contributed by atoms with Gasteiger partial charge in [0.15, 0.2) is 0 Å². The van der Waals surface area contributed by atoms with Crippen molar-refractivity contribution in [3.05, 3.63) is 0 Å². The van der Waals surface area contributed by atoms with Crippen LogP contribution in [-0.4, -0.2) is 53.7 Å². The standard InChI is InChI=1S/C14H27N3O3/c1-3-12(13(18)19)16-14(20)15-8-6-10-17-9-5-4-7-11(17)2/h11-12H,3-10H2,1-2H3,(H,18,19)(H2,15,16,20)/t11?,12-/m0/s1. The Labute approximate surface area is 120 Å². The van der Waals surface area contributed by atoms with E-state index >= 15 is 0 Å². The minimum Gasteiger partial charge on any atom is -0.480 e. The summed E-state index contributed by atoms with van der Waals surface area (Å²) < 4.78 is 0. The largest absolute Gasteiger partial charge is 0.480 e. The zero-order chi connectivity index (χ0) is 15.0. The maximum atomic E-state index is 11.5. The summed E-state index contributed by atoms with van der Waals surface area (Å²) in [5.74, 6) is -0.996. The number of hydrogen-bond acceptors (Lipinski definition) is 3. The Hall–Kier alpha value is -1.30. The van der Waals surface area contributed by atoms with E-state index in [1.165, 1.54) is 19.3 Å². The minimum atomic E-state index is -0.996. The van der Waals surface area contributed by atoms with Crippen LogP contribution in [0.1, 0.15) is 46.0 Å². The number of hydrogen-bond donors (Lipinski definition) is 3. The Kier molecular flexibility index (Phi) is 7.36. The average Bonchev–Trinajstić information content (AvgIpc) is 2.42. The van der Waals surface area contributed by atoms with E-state index in [0.29, 0.717) is 19.0 Å². The van der Waals surface area contributed by atoms with Crippen LogP contribution in [0, 0.1) is 0 Å². The Morgan fingerprint density at radius 3 is 2.75 bits per heavy atom. The smallest absolute Gasteiger partial charge is 0.326 e. The van der Waals surface area contributed by atoms with Gasteiger partial charge in [0, 0.05) is 19.1 Å². The van der Waals surface area contributed by atoms with Crippen molar-refractivity contribution in [2.24, 2.45) is 0 Å². The summed E-state index contributed by atoms with van der Waals surface area (Å²) in [6, 6.07) is -0.572. The van der Waals surface area contributed by atoms with Crippen molar-refractivity contribution in [1.29, 1.82) is 0 Å². The van der Waals surface area contributed by atoms with Gasteiger partial charge >= 0.3 is 12.0 Å². The van der Waals surface area contributed by atoms with Crippen molar-refractivity contribution in [3.8, 4) is 0 Å². The lowest BCUT2D eigenvalue weighted by Crippen LogP contribution is -2.46. The van der Waals surface area contributed by atoms with Gasteiger partial charge in [0.25, 0.3) is 0 Å². The van der Waals surface area contributed by atoms with Gasteiger partial charge in [-0.05, 0) is 39.2 Å². The van der Waals surface area contributed by atoms with Gasteiger partial charge in [-0.3, -0.25) is 0 Å². The second-order valence-electron chi connectivity index (χ2n) is 5.43. The molecule has 1 aliphatic rings. The molecule has 0 saturated carbocycles. The summed E-state index contributed by atoms with van der Waals surface area (Å²) in [7, 11) is 0. The number of rotatable bonds is 7.